The van der Waals surface area contributed by atoms with Gasteiger partial charge in [-0.1, -0.05) is 42.5 Å². The zero-order chi connectivity index (χ0) is 21.6. The molecule has 0 unspecified atom stereocenters. The quantitative estimate of drug-likeness (QED) is 0.478. The molecule has 4 rings (SSSR count). The predicted molar refractivity (Wildman–Crippen MR) is 117 cm³/mol. The first kappa shape index (κ1) is 20.2. The first-order valence-corrected chi connectivity index (χ1v) is 9.80. The number of amides is 1. The van der Waals surface area contributed by atoms with E-state index in [1.165, 1.54) is 12.1 Å². The molecule has 154 valence electrons. The number of rotatable bonds is 6. The highest BCUT2D eigenvalue weighted by Gasteiger charge is 2.13. The van der Waals surface area contributed by atoms with Crippen LogP contribution in [0.15, 0.2) is 85.1 Å². The number of halogens is 1. The van der Waals surface area contributed by atoms with Crippen molar-refractivity contribution in [3.8, 4) is 17.0 Å². The van der Waals surface area contributed by atoms with E-state index in [0.717, 1.165) is 11.1 Å². The number of carbonyl (C=O) groups is 1. The number of benzene rings is 3. The third-order valence-electron chi connectivity index (χ3n) is 4.76. The zero-order valence-electron chi connectivity index (χ0n) is 16.6. The molecule has 2 N–H and O–H groups in total. The Kier molecular flexibility index (Phi) is 5.98. The fraction of sp³-hybridized carbons (Fsp3) is 0.0800. The number of aromatic nitrogens is 2. The van der Waals surface area contributed by atoms with E-state index in [1.54, 1.807) is 42.6 Å². The Bertz CT molecular complexity index is 1180. The maximum atomic E-state index is 13.1. The number of nitrogens with one attached hydrogen (secondary N) is 1. The standard InChI is InChI=1S/C25H20FN3O2/c26-20-10-6-18(7-11-20)15-24(31)29-25-22(14-17-4-2-1-3-5-17)28-23(16-27-25)19-8-12-21(30)13-9-19/h1-13,16,30H,14-15H2,(H,27,29,31). The van der Waals surface area contributed by atoms with Crippen molar-refractivity contribution in [2.75, 3.05) is 5.32 Å². The van der Waals surface area contributed by atoms with E-state index in [-0.39, 0.29) is 23.9 Å². The van der Waals surface area contributed by atoms with Crippen molar-refractivity contribution in [2.24, 2.45) is 0 Å². The average molecular weight is 413 g/mol. The van der Waals surface area contributed by atoms with Gasteiger partial charge in [-0.15, -0.1) is 0 Å². The number of nitrogens with zero attached hydrogens (tertiary/aromatic N) is 2. The molecule has 0 fully saturated rings. The highest BCUT2D eigenvalue weighted by Crippen LogP contribution is 2.23. The molecule has 5 nitrogen and oxygen atoms in total. The van der Waals surface area contributed by atoms with Crippen LogP contribution >= 0.6 is 0 Å². The molecule has 0 aliphatic rings. The van der Waals surface area contributed by atoms with Crippen LogP contribution in [0, 0.1) is 5.82 Å². The van der Waals surface area contributed by atoms with E-state index in [2.05, 4.69) is 10.3 Å². The molecule has 0 saturated heterocycles. The number of phenols is 1. The summed E-state index contributed by atoms with van der Waals surface area (Å²) < 4.78 is 13.1. The van der Waals surface area contributed by atoms with Gasteiger partial charge in [0.15, 0.2) is 5.82 Å². The minimum Gasteiger partial charge on any atom is -0.508 e. The molecule has 0 atom stereocenters. The van der Waals surface area contributed by atoms with Crippen molar-refractivity contribution >= 4 is 11.7 Å². The second kappa shape index (κ2) is 9.17. The van der Waals surface area contributed by atoms with Crippen LogP contribution < -0.4 is 5.32 Å². The summed E-state index contributed by atoms with van der Waals surface area (Å²) in [7, 11) is 0. The van der Waals surface area contributed by atoms with Crippen molar-refractivity contribution < 1.29 is 14.3 Å². The van der Waals surface area contributed by atoms with Gasteiger partial charge in [0, 0.05) is 12.0 Å². The van der Waals surface area contributed by atoms with Crippen molar-refractivity contribution in [2.45, 2.75) is 12.8 Å². The van der Waals surface area contributed by atoms with Crippen LogP contribution in [0.3, 0.4) is 0 Å². The van der Waals surface area contributed by atoms with E-state index in [1.807, 2.05) is 30.3 Å². The third-order valence-corrected chi connectivity index (χ3v) is 4.76. The van der Waals surface area contributed by atoms with Crippen LogP contribution in [-0.4, -0.2) is 21.0 Å². The van der Waals surface area contributed by atoms with Gasteiger partial charge >= 0.3 is 0 Å². The lowest BCUT2D eigenvalue weighted by Crippen LogP contribution is -2.17. The van der Waals surface area contributed by atoms with Crippen molar-refractivity contribution in [1.29, 1.82) is 0 Å². The lowest BCUT2D eigenvalue weighted by atomic mass is 10.1. The highest BCUT2D eigenvalue weighted by atomic mass is 19.1. The minimum absolute atomic E-state index is 0.104. The fourth-order valence-electron chi connectivity index (χ4n) is 3.18. The van der Waals surface area contributed by atoms with E-state index < -0.39 is 0 Å². The minimum atomic E-state index is -0.343. The Hall–Kier alpha value is -4.06. The lowest BCUT2D eigenvalue weighted by molar-refractivity contribution is -0.115. The van der Waals surface area contributed by atoms with Crippen LogP contribution in [0.2, 0.25) is 0 Å². The molecule has 0 radical (unpaired) electrons. The number of hydrogen-bond acceptors (Lipinski definition) is 4. The summed E-state index contributed by atoms with van der Waals surface area (Å²) in [5.74, 6) is -0.0398. The third kappa shape index (κ3) is 5.30. The molecular formula is C25H20FN3O2. The summed E-state index contributed by atoms with van der Waals surface area (Å²) in [4.78, 5) is 21.7. The molecule has 0 aliphatic heterocycles. The maximum absolute atomic E-state index is 13.1. The molecule has 0 bridgehead atoms. The summed E-state index contributed by atoms with van der Waals surface area (Å²) in [6, 6.07) is 22.3. The maximum Gasteiger partial charge on any atom is 0.229 e. The van der Waals surface area contributed by atoms with Gasteiger partial charge in [0.25, 0.3) is 0 Å². The summed E-state index contributed by atoms with van der Waals surface area (Å²) in [6.07, 6.45) is 2.19. The monoisotopic (exact) mass is 413 g/mol. The molecule has 1 amide bonds. The summed E-state index contributed by atoms with van der Waals surface area (Å²) >= 11 is 0. The Balaban J connectivity index is 1.61. The average Bonchev–Trinajstić information content (AvgIpc) is 2.78. The van der Waals surface area contributed by atoms with E-state index in [0.29, 0.717) is 29.2 Å². The predicted octanol–water partition coefficient (Wildman–Crippen LogP) is 4.76. The van der Waals surface area contributed by atoms with Crippen molar-refractivity contribution in [1.82, 2.24) is 9.97 Å². The van der Waals surface area contributed by atoms with E-state index >= 15 is 0 Å². The second-order valence-corrected chi connectivity index (χ2v) is 7.11. The molecule has 1 heterocycles. The molecule has 1 aromatic heterocycles. The van der Waals surface area contributed by atoms with Crippen LogP contribution in [0.4, 0.5) is 10.2 Å². The molecule has 6 heteroatoms. The topological polar surface area (TPSA) is 75.1 Å². The SMILES string of the molecule is O=C(Cc1ccc(F)cc1)Nc1ncc(-c2ccc(O)cc2)nc1Cc1ccccc1. The summed E-state index contributed by atoms with van der Waals surface area (Å²) in [6.45, 7) is 0. The highest BCUT2D eigenvalue weighted by molar-refractivity contribution is 5.92. The molecular weight excluding hydrogens is 393 g/mol. The first-order chi connectivity index (χ1) is 15.1. The summed E-state index contributed by atoms with van der Waals surface area (Å²) in [5, 5.41) is 12.4. The number of phenolic OH excluding ortho intramolecular Hbond substituents is 1. The van der Waals surface area contributed by atoms with Crippen LogP contribution in [0.1, 0.15) is 16.8 Å². The Morgan fingerprint density at radius 1 is 0.903 bits per heavy atom. The van der Waals surface area contributed by atoms with Gasteiger partial charge in [0.2, 0.25) is 5.91 Å². The second-order valence-electron chi connectivity index (χ2n) is 7.11. The van der Waals surface area contributed by atoms with Crippen LogP contribution in [0.25, 0.3) is 11.3 Å². The van der Waals surface area contributed by atoms with E-state index in [4.69, 9.17) is 4.98 Å². The van der Waals surface area contributed by atoms with Crippen LogP contribution in [-0.2, 0) is 17.6 Å². The smallest absolute Gasteiger partial charge is 0.229 e. The van der Waals surface area contributed by atoms with Gasteiger partial charge in [-0.2, -0.15) is 0 Å². The van der Waals surface area contributed by atoms with Gasteiger partial charge in [-0.25, -0.2) is 14.4 Å². The van der Waals surface area contributed by atoms with Crippen LogP contribution in [0.5, 0.6) is 5.75 Å². The molecule has 3 aromatic carbocycles. The van der Waals surface area contributed by atoms with Gasteiger partial charge in [-0.05, 0) is 47.5 Å². The Morgan fingerprint density at radius 2 is 1.61 bits per heavy atom. The number of carbonyl (C=O) groups excluding carboxylic acids is 1. The normalized spacial score (nSPS) is 10.6. The van der Waals surface area contributed by atoms with E-state index in [9.17, 15) is 14.3 Å². The number of hydrogen-bond donors (Lipinski definition) is 2. The largest absolute Gasteiger partial charge is 0.508 e. The van der Waals surface area contributed by atoms with Gasteiger partial charge in [-0.3, -0.25) is 4.79 Å². The van der Waals surface area contributed by atoms with Gasteiger partial charge in [0.05, 0.1) is 24.0 Å². The fourth-order valence-corrected chi connectivity index (χ4v) is 3.18. The molecule has 0 spiro atoms. The molecule has 4 aromatic rings. The molecule has 0 aliphatic carbocycles. The van der Waals surface area contributed by atoms with Crippen molar-refractivity contribution in [3.05, 3.63) is 108 Å². The Labute approximate surface area is 179 Å². The summed E-state index contributed by atoms with van der Waals surface area (Å²) in [5.41, 5.74) is 3.82. The van der Waals surface area contributed by atoms with Crippen molar-refractivity contribution in [3.63, 3.8) is 0 Å². The van der Waals surface area contributed by atoms with Gasteiger partial charge < -0.3 is 10.4 Å². The lowest BCUT2D eigenvalue weighted by Gasteiger charge is -2.12. The number of aromatic hydroxyl groups is 1. The Morgan fingerprint density at radius 3 is 2.32 bits per heavy atom. The number of anilines is 1. The van der Waals surface area contributed by atoms with Gasteiger partial charge in [0.1, 0.15) is 11.6 Å². The molecule has 31 heavy (non-hydrogen) atoms. The molecule has 0 saturated carbocycles. The zero-order valence-corrected chi connectivity index (χ0v) is 16.6. The first-order valence-electron chi connectivity index (χ1n) is 9.80.